The zero-order valence-electron chi connectivity index (χ0n) is 9.02. The molecule has 1 aromatic rings. The number of pyridine rings is 1. The molecule has 15 heavy (non-hydrogen) atoms. The van der Waals surface area contributed by atoms with Crippen LogP contribution in [0.2, 0.25) is 0 Å². The summed E-state index contributed by atoms with van der Waals surface area (Å²) in [6.07, 6.45) is 3.48. The van der Waals surface area contributed by atoms with Gasteiger partial charge < -0.3 is 10.8 Å². The Morgan fingerprint density at radius 1 is 1.53 bits per heavy atom. The Balaban J connectivity index is 2.18. The molecule has 84 valence electrons. The van der Waals surface area contributed by atoms with Gasteiger partial charge in [0.15, 0.2) is 0 Å². The second kappa shape index (κ2) is 6.10. The van der Waals surface area contributed by atoms with Crippen LogP contribution in [0.25, 0.3) is 0 Å². The molecule has 0 saturated carbocycles. The molecule has 1 aromatic heterocycles. The van der Waals surface area contributed by atoms with E-state index in [1.54, 1.807) is 24.9 Å². The van der Waals surface area contributed by atoms with Crippen LogP contribution in [0.3, 0.4) is 0 Å². The number of aromatic nitrogens is 1. The number of thioether (sulfide) groups is 1. The first kappa shape index (κ1) is 12.5. The fourth-order valence-electron chi connectivity index (χ4n) is 1.16. The van der Waals surface area contributed by atoms with E-state index in [1.807, 2.05) is 18.2 Å². The number of hydrogen-bond donors (Lipinski definition) is 2. The Morgan fingerprint density at radius 2 is 2.33 bits per heavy atom. The Kier molecular flexibility index (Phi) is 5.08. The fourth-order valence-corrected chi connectivity index (χ4v) is 1.97. The van der Waals surface area contributed by atoms with E-state index in [-0.39, 0.29) is 0 Å². The van der Waals surface area contributed by atoms with Crippen molar-refractivity contribution in [1.29, 1.82) is 0 Å². The highest BCUT2D eigenvalue weighted by atomic mass is 32.2. The summed E-state index contributed by atoms with van der Waals surface area (Å²) in [6.45, 7) is 2.10. The molecule has 1 unspecified atom stereocenters. The van der Waals surface area contributed by atoms with Crippen molar-refractivity contribution < 1.29 is 5.11 Å². The van der Waals surface area contributed by atoms with Crippen molar-refractivity contribution in [3.8, 4) is 0 Å². The van der Waals surface area contributed by atoms with E-state index in [0.717, 1.165) is 23.6 Å². The summed E-state index contributed by atoms with van der Waals surface area (Å²) < 4.78 is 0. The van der Waals surface area contributed by atoms with Gasteiger partial charge in [-0.05, 0) is 37.7 Å². The second-order valence-electron chi connectivity index (χ2n) is 3.82. The van der Waals surface area contributed by atoms with Crippen LogP contribution < -0.4 is 5.73 Å². The molecular weight excluding hydrogens is 208 g/mol. The zero-order chi connectivity index (χ0) is 11.1. The van der Waals surface area contributed by atoms with Gasteiger partial charge in [0.25, 0.3) is 0 Å². The summed E-state index contributed by atoms with van der Waals surface area (Å²) in [5.41, 5.74) is 4.71. The third kappa shape index (κ3) is 5.16. The lowest BCUT2D eigenvalue weighted by atomic mass is 10.0. The van der Waals surface area contributed by atoms with Crippen LogP contribution in [0.1, 0.15) is 19.8 Å². The Labute approximate surface area is 95.1 Å². The monoisotopic (exact) mass is 226 g/mol. The molecule has 0 bridgehead atoms. The number of nitrogens with two attached hydrogens (primary N) is 1. The number of aliphatic hydroxyl groups is 1. The minimum atomic E-state index is -0.718. The molecule has 0 saturated heterocycles. The lowest BCUT2D eigenvalue weighted by Crippen LogP contribution is -2.34. The van der Waals surface area contributed by atoms with E-state index < -0.39 is 5.60 Å². The summed E-state index contributed by atoms with van der Waals surface area (Å²) in [5.74, 6) is 0.965. The van der Waals surface area contributed by atoms with E-state index in [0.29, 0.717) is 6.54 Å². The van der Waals surface area contributed by atoms with Crippen LogP contribution in [0.5, 0.6) is 0 Å². The lowest BCUT2D eigenvalue weighted by molar-refractivity contribution is 0.0596. The molecular formula is C11H18N2OS. The highest BCUT2D eigenvalue weighted by Gasteiger charge is 2.16. The summed E-state index contributed by atoms with van der Waals surface area (Å²) in [6, 6.07) is 5.88. The molecule has 1 heterocycles. The minimum Gasteiger partial charge on any atom is -0.389 e. The van der Waals surface area contributed by atoms with Gasteiger partial charge in [0.2, 0.25) is 0 Å². The van der Waals surface area contributed by atoms with Crippen molar-refractivity contribution in [3.63, 3.8) is 0 Å². The SMILES string of the molecule is CC(O)(CN)CCCSc1ccccn1. The minimum absolute atomic E-state index is 0.321. The first-order valence-electron chi connectivity index (χ1n) is 5.10. The van der Waals surface area contributed by atoms with E-state index in [4.69, 9.17) is 5.73 Å². The molecule has 0 aliphatic heterocycles. The fraction of sp³-hybridized carbons (Fsp3) is 0.545. The maximum absolute atomic E-state index is 9.67. The highest BCUT2D eigenvalue weighted by molar-refractivity contribution is 7.99. The van der Waals surface area contributed by atoms with Gasteiger partial charge in [0.05, 0.1) is 10.6 Å². The quantitative estimate of drug-likeness (QED) is 0.572. The highest BCUT2D eigenvalue weighted by Crippen LogP contribution is 2.18. The zero-order valence-corrected chi connectivity index (χ0v) is 9.83. The molecule has 0 aliphatic rings. The van der Waals surface area contributed by atoms with Gasteiger partial charge >= 0.3 is 0 Å². The van der Waals surface area contributed by atoms with Crippen molar-refractivity contribution in [2.75, 3.05) is 12.3 Å². The van der Waals surface area contributed by atoms with Crippen LogP contribution in [-0.2, 0) is 0 Å². The third-order valence-electron chi connectivity index (χ3n) is 2.19. The predicted octanol–water partition coefficient (Wildman–Crippen LogP) is 1.66. The van der Waals surface area contributed by atoms with E-state index in [1.165, 1.54) is 0 Å². The van der Waals surface area contributed by atoms with Gasteiger partial charge in [-0.3, -0.25) is 0 Å². The molecule has 1 atom stereocenters. The summed E-state index contributed by atoms with van der Waals surface area (Å²) in [7, 11) is 0. The Hall–Kier alpha value is -0.580. The van der Waals surface area contributed by atoms with Crippen molar-refractivity contribution in [2.24, 2.45) is 5.73 Å². The average Bonchev–Trinajstić information content (AvgIpc) is 2.26. The van der Waals surface area contributed by atoms with Gasteiger partial charge in [0, 0.05) is 12.7 Å². The van der Waals surface area contributed by atoms with Crippen LogP contribution in [0, 0.1) is 0 Å². The van der Waals surface area contributed by atoms with Gasteiger partial charge in [-0.1, -0.05) is 6.07 Å². The average molecular weight is 226 g/mol. The first-order valence-corrected chi connectivity index (χ1v) is 6.09. The molecule has 0 spiro atoms. The normalized spacial score (nSPS) is 14.9. The number of rotatable bonds is 6. The lowest BCUT2D eigenvalue weighted by Gasteiger charge is -2.20. The molecule has 0 aliphatic carbocycles. The van der Waals surface area contributed by atoms with Crippen molar-refractivity contribution in [2.45, 2.75) is 30.4 Å². The predicted molar refractivity (Wildman–Crippen MR) is 63.9 cm³/mol. The van der Waals surface area contributed by atoms with Gasteiger partial charge in [-0.15, -0.1) is 11.8 Å². The summed E-state index contributed by atoms with van der Waals surface area (Å²) >= 11 is 1.71. The molecule has 0 radical (unpaired) electrons. The Morgan fingerprint density at radius 3 is 2.93 bits per heavy atom. The molecule has 0 amide bonds. The number of nitrogens with zero attached hydrogens (tertiary/aromatic N) is 1. The van der Waals surface area contributed by atoms with Crippen LogP contribution in [0.15, 0.2) is 29.4 Å². The van der Waals surface area contributed by atoms with Crippen molar-refractivity contribution in [1.82, 2.24) is 4.98 Å². The van der Waals surface area contributed by atoms with Gasteiger partial charge in [-0.2, -0.15) is 0 Å². The van der Waals surface area contributed by atoms with Crippen molar-refractivity contribution >= 4 is 11.8 Å². The van der Waals surface area contributed by atoms with E-state index in [9.17, 15) is 5.11 Å². The largest absolute Gasteiger partial charge is 0.389 e. The smallest absolute Gasteiger partial charge is 0.0959 e. The second-order valence-corrected chi connectivity index (χ2v) is 4.94. The van der Waals surface area contributed by atoms with Crippen LogP contribution in [0.4, 0.5) is 0 Å². The van der Waals surface area contributed by atoms with Gasteiger partial charge in [0.1, 0.15) is 0 Å². The molecule has 0 fully saturated rings. The van der Waals surface area contributed by atoms with Crippen LogP contribution >= 0.6 is 11.8 Å². The molecule has 1 rings (SSSR count). The van der Waals surface area contributed by atoms with E-state index in [2.05, 4.69) is 4.98 Å². The Bertz CT molecular complexity index is 277. The molecule has 3 nitrogen and oxygen atoms in total. The number of hydrogen-bond acceptors (Lipinski definition) is 4. The topological polar surface area (TPSA) is 59.1 Å². The van der Waals surface area contributed by atoms with Crippen molar-refractivity contribution in [3.05, 3.63) is 24.4 Å². The first-order chi connectivity index (χ1) is 7.14. The molecule has 3 N–H and O–H groups in total. The maximum Gasteiger partial charge on any atom is 0.0959 e. The van der Waals surface area contributed by atoms with Crippen LogP contribution in [-0.4, -0.2) is 28.0 Å². The van der Waals surface area contributed by atoms with Gasteiger partial charge in [-0.25, -0.2) is 4.98 Å². The summed E-state index contributed by atoms with van der Waals surface area (Å²) in [5, 5.41) is 10.7. The maximum atomic E-state index is 9.67. The standard InChI is InChI=1S/C11H18N2OS/c1-11(14,9-12)6-4-8-15-10-5-2-3-7-13-10/h2-3,5,7,14H,4,6,8-9,12H2,1H3. The van der Waals surface area contributed by atoms with E-state index >= 15 is 0 Å². The molecule has 0 aromatic carbocycles. The third-order valence-corrected chi connectivity index (χ3v) is 3.22. The summed E-state index contributed by atoms with van der Waals surface area (Å²) in [4.78, 5) is 4.21. The molecule has 4 heteroatoms.